The van der Waals surface area contributed by atoms with Crippen LogP contribution in [0.25, 0.3) is 5.82 Å². The van der Waals surface area contributed by atoms with Crippen molar-refractivity contribution in [3.63, 3.8) is 0 Å². The molecule has 0 fully saturated rings. The van der Waals surface area contributed by atoms with E-state index in [1.165, 1.54) is 17.1 Å². The van der Waals surface area contributed by atoms with Gasteiger partial charge < -0.3 is 0 Å². The standard InChI is InChI=1S/C10H9BrClN3O2S/c1-18(16,17)9-5-14-15(6-9)10-7(3-12)2-8(11)4-13-10/h2,4-6H,3H2,1H3. The maximum atomic E-state index is 11.4. The summed E-state index contributed by atoms with van der Waals surface area (Å²) in [5.74, 6) is 0.777. The molecule has 8 heteroatoms. The molecule has 0 aliphatic heterocycles. The van der Waals surface area contributed by atoms with Crippen LogP contribution in [0.3, 0.4) is 0 Å². The second kappa shape index (κ2) is 4.99. The van der Waals surface area contributed by atoms with E-state index in [1.54, 1.807) is 6.20 Å². The summed E-state index contributed by atoms with van der Waals surface area (Å²) in [5, 5.41) is 3.99. The Hall–Kier alpha value is -0.920. The Kier molecular flexibility index (Phi) is 3.74. The summed E-state index contributed by atoms with van der Waals surface area (Å²) in [6, 6.07) is 1.82. The third kappa shape index (κ3) is 2.73. The molecule has 0 bridgehead atoms. The second-order valence-electron chi connectivity index (χ2n) is 3.66. The number of alkyl halides is 1. The Morgan fingerprint density at radius 3 is 2.72 bits per heavy atom. The number of nitrogens with zero attached hydrogens (tertiary/aromatic N) is 3. The molecule has 0 aliphatic rings. The van der Waals surface area contributed by atoms with Crippen molar-refractivity contribution in [1.82, 2.24) is 14.8 Å². The fourth-order valence-electron chi connectivity index (χ4n) is 1.39. The lowest BCUT2D eigenvalue weighted by Crippen LogP contribution is -2.02. The SMILES string of the molecule is CS(=O)(=O)c1cnn(-c2ncc(Br)cc2CCl)c1. The fraction of sp³-hybridized carbons (Fsp3) is 0.200. The van der Waals surface area contributed by atoms with Gasteiger partial charge >= 0.3 is 0 Å². The van der Waals surface area contributed by atoms with Crippen molar-refractivity contribution in [2.24, 2.45) is 0 Å². The van der Waals surface area contributed by atoms with Gasteiger partial charge in [0, 0.05) is 22.5 Å². The Labute approximate surface area is 118 Å². The Bertz CT molecular complexity index is 684. The maximum Gasteiger partial charge on any atom is 0.178 e. The van der Waals surface area contributed by atoms with Gasteiger partial charge in [-0.25, -0.2) is 18.1 Å². The van der Waals surface area contributed by atoms with Gasteiger partial charge in [-0.1, -0.05) is 0 Å². The van der Waals surface area contributed by atoms with Crippen molar-refractivity contribution in [1.29, 1.82) is 0 Å². The molecule has 2 heterocycles. The van der Waals surface area contributed by atoms with Crippen molar-refractivity contribution in [2.45, 2.75) is 10.8 Å². The van der Waals surface area contributed by atoms with Crippen molar-refractivity contribution in [3.05, 3.63) is 34.7 Å². The van der Waals surface area contributed by atoms with E-state index in [0.29, 0.717) is 5.82 Å². The summed E-state index contributed by atoms with van der Waals surface area (Å²) in [4.78, 5) is 4.34. The largest absolute Gasteiger partial charge is 0.236 e. The van der Waals surface area contributed by atoms with Gasteiger partial charge in [-0.15, -0.1) is 11.6 Å². The highest BCUT2D eigenvalue weighted by Gasteiger charge is 2.13. The number of sulfone groups is 1. The first kappa shape index (κ1) is 13.5. The minimum Gasteiger partial charge on any atom is -0.236 e. The minimum absolute atomic E-state index is 0.146. The highest BCUT2D eigenvalue weighted by molar-refractivity contribution is 9.10. The van der Waals surface area contributed by atoms with E-state index in [2.05, 4.69) is 26.0 Å². The van der Waals surface area contributed by atoms with Gasteiger partial charge in [-0.2, -0.15) is 5.10 Å². The second-order valence-corrected chi connectivity index (χ2v) is 6.86. The summed E-state index contributed by atoms with van der Waals surface area (Å²) in [5.41, 5.74) is 0.759. The van der Waals surface area contributed by atoms with Gasteiger partial charge in [0.25, 0.3) is 0 Å². The van der Waals surface area contributed by atoms with Crippen LogP contribution in [0.1, 0.15) is 5.56 Å². The molecule has 0 atom stereocenters. The van der Waals surface area contributed by atoms with Crippen LogP contribution in [0.2, 0.25) is 0 Å². The van der Waals surface area contributed by atoms with Crippen LogP contribution in [0.4, 0.5) is 0 Å². The smallest absolute Gasteiger partial charge is 0.178 e. The van der Waals surface area contributed by atoms with E-state index in [-0.39, 0.29) is 10.8 Å². The summed E-state index contributed by atoms with van der Waals surface area (Å²) in [6.45, 7) is 0. The average molecular weight is 351 g/mol. The molecule has 5 nitrogen and oxygen atoms in total. The number of pyridine rings is 1. The molecule has 0 saturated carbocycles. The van der Waals surface area contributed by atoms with Crippen LogP contribution in [0, 0.1) is 0 Å². The zero-order chi connectivity index (χ0) is 13.3. The molecule has 0 saturated heterocycles. The minimum atomic E-state index is -3.27. The van der Waals surface area contributed by atoms with Crippen molar-refractivity contribution < 1.29 is 8.42 Å². The van der Waals surface area contributed by atoms with Crippen molar-refractivity contribution >= 4 is 37.4 Å². The molecule has 0 spiro atoms. The number of halogens is 2. The highest BCUT2D eigenvalue weighted by atomic mass is 79.9. The first-order chi connectivity index (χ1) is 8.41. The number of rotatable bonds is 3. The monoisotopic (exact) mass is 349 g/mol. The maximum absolute atomic E-state index is 11.4. The molecule has 96 valence electrons. The molecular weight excluding hydrogens is 342 g/mol. The van der Waals surface area contributed by atoms with Gasteiger partial charge in [0.15, 0.2) is 15.7 Å². The van der Waals surface area contributed by atoms with Crippen LogP contribution in [-0.2, 0) is 15.7 Å². The zero-order valence-corrected chi connectivity index (χ0v) is 12.5. The van der Waals surface area contributed by atoms with Crippen molar-refractivity contribution in [3.8, 4) is 5.82 Å². The lowest BCUT2D eigenvalue weighted by molar-refractivity contribution is 0.602. The number of aromatic nitrogens is 3. The zero-order valence-electron chi connectivity index (χ0n) is 9.34. The van der Waals surface area contributed by atoms with E-state index < -0.39 is 9.84 Å². The normalized spacial score (nSPS) is 11.7. The van der Waals surface area contributed by atoms with Crippen LogP contribution in [0.15, 0.2) is 34.0 Å². The van der Waals surface area contributed by atoms with E-state index in [4.69, 9.17) is 11.6 Å². The van der Waals surface area contributed by atoms with Crippen LogP contribution in [0.5, 0.6) is 0 Å². The summed E-state index contributed by atoms with van der Waals surface area (Å²) < 4.78 is 25.0. The first-order valence-corrected chi connectivity index (χ1v) is 8.09. The van der Waals surface area contributed by atoms with Gasteiger partial charge in [-0.3, -0.25) is 0 Å². The predicted molar refractivity (Wildman–Crippen MR) is 71.7 cm³/mol. The fourth-order valence-corrected chi connectivity index (χ4v) is 2.50. The third-order valence-corrected chi connectivity index (χ3v) is 4.05. The molecule has 0 N–H and O–H groups in total. The van der Waals surface area contributed by atoms with E-state index in [0.717, 1.165) is 16.3 Å². The Morgan fingerprint density at radius 2 is 2.17 bits per heavy atom. The quantitative estimate of drug-likeness (QED) is 0.796. The van der Waals surface area contributed by atoms with Gasteiger partial charge in [-0.05, 0) is 22.0 Å². The van der Waals surface area contributed by atoms with Crippen molar-refractivity contribution in [2.75, 3.05) is 6.26 Å². The average Bonchev–Trinajstić information content (AvgIpc) is 2.77. The lowest BCUT2D eigenvalue weighted by Gasteiger charge is -2.05. The van der Waals surface area contributed by atoms with Gasteiger partial charge in [0.05, 0.1) is 18.3 Å². The van der Waals surface area contributed by atoms with Gasteiger partial charge in [0.1, 0.15) is 4.90 Å². The van der Waals surface area contributed by atoms with Crippen LogP contribution >= 0.6 is 27.5 Å². The Morgan fingerprint density at radius 1 is 1.44 bits per heavy atom. The highest BCUT2D eigenvalue weighted by Crippen LogP contribution is 2.19. The van der Waals surface area contributed by atoms with E-state index >= 15 is 0 Å². The molecule has 2 aromatic rings. The molecule has 2 rings (SSSR count). The predicted octanol–water partition coefficient (Wildman–Crippen LogP) is 2.17. The number of hydrogen-bond donors (Lipinski definition) is 0. The topological polar surface area (TPSA) is 64.8 Å². The summed E-state index contributed by atoms with van der Waals surface area (Å²) in [6.07, 6.45) is 5.44. The molecule has 2 aromatic heterocycles. The van der Waals surface area contributed by atoms with Crippen LogP contribution < -0.4 is 0 Å². The molecule has 0 aliphatic carbocycles. The molecule has 0 radical (unpaired) electrons. The molecule has 0 amide bonds. The molecule has 0 aromatic carbocycles. The van der Waals surface area contributed by atoms with E-state index in [1.807, 2.05) is 6.07 Å². The third-order valence-electron chi connectivity index (χ3n) is 2.26. The summed E-state index contributed by atoms with van der Waals surface area (Å²) >= 11 is 9.13. The number of hydrogen-bond acceptors (Lipinski definition) is 4. The summed E-state index contributed by atoms with van der Waals surface area (Å²) in [7, 11) is -3.27. The lowest BCUT2D eigenvalue weighted by atomic mass is 10.3. The molecule has 0 unspecified atom stereocenters. The molecule has 18 heavy (non-hydrogen) atoms. The molecular formula is C10H9BrClN3O2S. The van der Waals surface area contributed by atoms with E-state index in [9.17, 15) is 8.42 Å². The Balaban J connectivity index is 2.53. The van der Waals surface area contributed by atoms with Gasteiger partial charge in [0.2, 0.25) is 0 Å². The first-order valence-electron chi connectivity index (χ1n) is 4.87. The van der Waals surface area contributed by atoms with Crippen LogP contribution in [-0.4, -0.2) is 29.4 Å².